The number of hydrogen-bond donors (Lipinski definition) is 2. The number of aliphatic hydroxyl groups excluding tert-OH is 1. The first-order chi connectivity index (χ1) is 24.9. The Kier molecular flexibility index (Phi) is 9.12. The molecule has 15 nitrogen and oxygen atoms in total. The largest absolute Gasteiger partial charge is 0.497 e. The standard InChI is InChI=1S/C36H39N7O8S/c1-41(2)21-38-34-39-31-28(32(45)40-34)37-22-42(31)33-29-30(44)35(51-33,19-43(29)52(5,46)47)20-50-36(23-9-7-6-8-10-23,24-11-15-26(48-3)16-12-24)25-13-17-27(49-4)18-14-25/h6-18,21-22,29-30,33,44H,19-20H2,1-5H3,(H,39,40,45)/t29-,30+,33-,35-/m1/s1. The first-order valence-corrected chi connectivity index (χ1v) is 18.2. The monoisotopic (exact) mass is 729 g/mol. The van der Waals surface area contributed by atoms with Gasteiger partial charge in [-0.1, -0.05) is 54.6 Å². The lowest BCUT2D eigenvalue weighted by Gasteiger charge is -2.41. The number of nitrogens with zero attached hydrogens (tertiary/aromatic N) is 6. The first-order valence-electron chi connectivity index (χ1n) is 16.4. The summed E-state index contributed by atoms with van der Waals surface area (Å²) in [4.78, 5) is 30.2. The summed E-state index contributed by atoms with van der Waals surface area (Å²) in [5, 5.41) is 12.1. The van der Waals surface area contributed by atoms with Crippen LogP contribution in [0.4, 0.5) is 5.95 Å². The van der Waals surface area contributed by atoms with Crippen molar-refractivity contribution in [3.63, 3.8) is 0 Å². The zero-order valence-electron chi connectivity index (χ0n) is 29.2. The molecule has 0 saturated carbocycles. The molecule has 3 aromatic carbocycles. The van der Waals surface area contributed by atoms with E-state index in [0.29, 0.717) is 11.5 Å². The molecule has 2 saturated heterocycles. The van der Waals surface area contributed by atoms with E-state index >= 15 is 0 Å². The molecule has 2 aliphatic rings. The molecule has 2 aliphatic heterocycles. The molecule has 0 unspecified atom stereocenters. The SMILES string of the molecule is COc1ccc(C(OC[C@@]23CN(S(C)(=O)=O)[C@@H]([C@H](n4cnc5c(=O)[nH]c(N=CN(C)C)nc54)O2)[C@@H]3O)(c2ccccc2)c2ccc(OC)cc2)cc1. The second-order valence-electron chi connectivity index (χ2n) is 13.0. The van der Waals surface area contributed by atoms with E-state index < -0.39 is 45.2 Å². The van der Waals surface area contributed by atoms with E-state index in [0.717, 1.165) is 22.9 Å². The van der Waals surface area contributed by atoms with Crippen LogP contribution in [-0.2, 0) is 25.1 Å². The zero-order valence-corrected chi connectivity index (χ0v) is 30.0. The van der Waals surface area contributed by atoms with Gasteiger partial charge in [-0.05, 0) is 41.0 Å². The third kappa shape index (κ3) is 6.01. The van der Waals surface area contributed by atoms with E-state index in [1.54, 1.807) is 33.2 Å². The molecule has 52 heavy (non-hydrogen) atoms. The molecule has 2 fully saturated rings. The Morgan fingerprint density at radius 1 is 1.02 bits per heavy atom. The maximum absolute atomic E-state index is 13.3. The van der Waals surface area contributed by atoms with Crippen molar-refractivity contribution in [3.05, 3.63) is 112 Å². The number of H-pyrrole nitrogens is 1. The van der Waals surface area contributed by atoms with Crippen LogP contribution < -0.4 is 15.0 Å². The molecule has 7 rings (SSSR count). The minimum atomic E-state index is -3.88. The molecule has 2 N–H and O–H groups in total. The van der Waals surface area contributed by atoms with Gasteiger partial charge < -0.3 is 29.0 Å². The van der Waals surface area contributed by atoms with E-state index in [-0.39, 0.29) is 30.3 Å². The van der Waals surface area contributed by atoms with E-state index in [9.17, 15) is 18.3 Å². The van der Waals surface area contributed by atoms with E-state index in [1.165, 1.54) is 21.5 Å². The number of aromatic nitrogens is 4. The van der Waals surface area contributed by atoms with Crippen molar-refractivity contribution in [3.8, 4) is 11.5 Å². The minimum absolute atomic E-state index is 0.00276. The molecule has 16 heteroatoms. The summed E-state index contributed by atoms with van der Waals surface area (Å²) in [5.74, 6) is 1.31. The van der Waals surface area contributed by atoms with E-state index in [4.69, 9.17) is 18.9 Å². The molecule has 2 aromatic heterocycles. The molecule has 0 amide bonds. The Balaban J connectivity index is 1.35. The third-order valence-corrected chi connectivity index (χ3v) is 10.7. The number of hydrogen-bond acceptors (Lipinski definition) is 11. The number of morpholine rings is 1. The van der Waals surface area contributed by atoms with Crippen molar-refractivity contribution in [2.75, 3.05) is 47.7 Å². The molecule has 4 heterocycles. The quantitative estimate of drug-likeness (QED) is 0.110. The maximum Gasteiger partial charge on any atom is 0.280 e. The van der Waals surface area contributed by atoms with Crippen LogP contribution in [0.5, 0.6) is 11.5 Å². The number of ether oxygens (including phenoxy) is 4. The average Bonchev–Trinajstić information content (AvgIpc) is 3.79. The van der Waals surface area contributed by atoms with Crippen LogP contribution in [0.15, 0.2) is 95.0 Å². The van der Waals surface area contributed by atoms with Crippen LogP contribution in [0.1, 0.15) is 22.9 Å². The Labute approximate surface area is 300 Å². The van der Waals surface area contributed by atoms with Crippen molar-refractivity contribution in [1.29, 1.82) is 0 Å². The van der Waals surface area contributed by atoms with Gasteiger partial charge in [0.1, 0.15) is 28.8 Å². The number of methoxy groups -OCH3 is 2. The molecule has 272 valence electrons. The fraction of sp³-hybridized carbons (Fsp3) is 0.333. The number of sulfonamides is 1. The van der Waals surface area contributed by atoms with Crippen molar-refractivity contribution in [1.82, 2.24) is 28.7 Å². The summed E-state index contributed by atoms with van der Waals surface area (Å²) in [6.45, 7) is -0.442. The summed E-state index contributed by atoms with van der Waals surface area (Å²) < 4.78 is 54.0. The van der Waals surface area contributed by atoms with Crippen molar-refractivity contribution in [2.24, 2.45) is 4.99 Å². The number of rotatable bonds is 12. The van der Waals surface area contributed by atoms with E-state index in [1.807, 2.05) is 78.9 Å². The van der Waals surface area contributed by atoms with Gasteiger partial charge in [-0.3, -0.25) is 14.3 Å². The number of aromatic amines is 1. The molecular formula is C36H39N7O8S. The van der Waals surface area contributed by atoms with Crippen LogP contribution in [0.2, 0.25) is 0 Å². The fourth-order valence-corrected chi connectivity index (χ4v) is 8.12. The second-order valence-corrected chi connectivity index (χ2v) is 15.0. The van der Waals surface area contributed by atoms with Gasteiger partial charge in [0.05, 0.1) is 45.8 Å². The molecule has 0 aliphatic carbocycles. The second kappa shape index (κ2) is 13.4. The van der Waals surface area contributed by atoms with Crippen LogP contribution in [-0.4, -0.2) is 114 Å². The molecule has 4 atom stereocenters. The van der Waals surface area contributed by atoms with Gasteiger partial charge >= 0.3 is 0 Å². The molecule has 5 aromatic rings. The lowest BCUT2D eigenvalue weighted by Crippen LogP contribution is -2.51. The Morgan fingerprint density at radius 2 is 1.62 bits per heavy atom. The van der Waals surface area contributed by atoms with Crippen LogP contribution in [0.3, 0.4) is 0 Å². The summed E-state index contributed by atoms with van der Waals surface area (Å²) >= 11 is 0. The number of nitrogens with one attached hydrogen (secondary N) is 1. The molecular weight excluding hydrogens is 691 g/mol. The smallest absolute Gasteiger partial charge is 0.280 e. The number of aliphatic hydroxyl groups is 1. The fourth-order valence-electron chi connectivity index (χ4n) is 7.01. The van der Waals surface area contributed by atoms with Gasteiger partial charge in [0.25, 0.3) is 5.56 Å². The molecule has 0 radical (unpaired) electrons. The summed E-state index contributed by atoms with van der Waals surface area (Å²) in [7, 11) is 2.83. The van der Waals surface area contributed by atoms with Gasteiger partial charge in [-0.15, -0.1) is 0 Å². The highest BCUT2D eigenvalue weighted by atomic mass is 32.2. The topological polar surface area (TPSA) is 174 Å². The van der Waals surface area contributed by atoms with Crippen LogP contribution in [0, 0.1) is 0 Å². The normalized spacial score (nSPS) is 22.0. The highest BCUT2D eigenvalue weighted by Gasteiger charge is 2.67. The predicted octanol–water partition coefficient (Wildman–Crippen LogP) is 2.64. The van der Waals surface area contributed by atoms with Crippen LogP contribution >= 0.6 is 0 Å². The lowest BCUT2D eigenvalue weighted by molar-refractivity contribution is -0.169. The van der Waals surface area contributed by atoms with Crippen molar-refractivity contribution < 1.29 is 32.5 Å². The first kappa shape index (κ1) is 35.3. The highest BCUT2D eigenvalue weighted by Crippen LogP contribution is 2.50. The lowest BCUT2D eigenvalue weighted by atomic mass is 9.79. The van der Waals surface area contributed by atoms with Gasteiger partial charge in [0.15, 0.2) is 17.4 Å². The number of fused-ring (bicyclic) bond motifs is 3. The molecule has 2 bridgehead atoms. The molecule has 0 spiro atoms. The van der Waals surface area contributed by atoms with E-state index in [2.05, 4.69) is 19.9 Å². The summed E-state index contributed by atoms with van der Waals surface area (Å²) in [6, 6.07) is 23.5. The average molecular weight is 730 g/mol. The Bertz CT molecular complexity index is 2210. The summed E-state index contributed by atoms with van der Waals surface area (Å²) in [6.07, 6.45) is 1.43. The van der Waals surface area contributed by atoms with Crippen molar-refractivity contribution >= 4 is 33.5 Å². The number of imidazole rings is 1. The maximum atomic E-state index is 13.3. The number of aliphatic imine (C=N–C) groups is 1. The van der Waals surface area contributed by atoms with Crippen LogP contribution in [0.25, 0.3) is 11.2 Å². The van der Waals surface area contributed by atoms with Gasteiger partial charge in [0, 0.05) is 20.6 Å². The van der Waals surface area contributed by atoms with Gasteiger partial charge in [-0.25, -0.2) is 18.4 Å². The van der Waals surface area contributed by atoms with Gasteiger partial charge in [0.2, 0.25) is 16.0 Å². The predicted molar refractivity (Wildman–Crippen MR) is 192 cm³/mol. The van der Waals surface area contributed by atoms with Gasteiger partial charge in [-0.2, -0.15) is 9.29 Å². The Morgan fingerprint density at radius 3 is 2.17 bits per heavy atom. The minimum Gasteiger partial charge on any atom is -0.497 e. The Hall–Kier alpha value is -5.13. The van der Waals surface area contributed by atoms with Crippen molar-refractivity contribution in [2.45, 2.75) is 29.6 Å². The zero-order chi connectivity index (χ0) is 36.8. The summed E-state index contributed by atoms with van der Waals surface area (Å²) in [5.41, 5.74) is -0.996. The number of benzene rings is 3. The third-order valence-electron chi connectivity index (χ3n) is 9.50. The highest BCUT2D eigenvalue weighted by molar-refractivity contribution is 7.88.